The van der Waals surface area contributed by atoms with Gasteiger partial charge in [0.25, 0.3) is 0 Å². The molecule has 1 unspecified atom stereocenters. The van der Waals surface area contributed by atoms with Crippen LogP contribution < -0.4 is 4.90 Å². The van der Waals surface area contributed by atoms with Crippen LogP contribution in [-0.4, -0.2) is 71.4 Å². The monoisotopic (exact) mass is 503 g/mol. The molecule has 1 saturated heterocycles. The molecule has 0 radical (unpaired) electrons. The summed E-state index contributed by atoms with van der Waals surface area (Å²) in [5.41, 5.74) is 2.29. The first kappa shape index (κ1) is 25.6. The van der Waals surface area contributed by atoms with E-state index in [9.17, 15) is 0 Å². The maximum Gasteiger partial charge on any atom is 0.414 e. The maximum absolute atomic E-state index is 9.10. The van der Waals surface area contributed by atoms with Crippen LogP contribution in [0.25, 0.3) is 0 Å². The van der Waals surface area contributed by atoms with Gasteiger partial charge in [-0.3, -0.25) is 4.90 Å². The highest BCUT2D eigenvalue weighted by molar-refractivity contribution is 7.13. The van der Waals surface area contributed by atoms with E-state index in [4.69, 9.17) is 36.1 Å². The van der Waals surface area contributed by atoms with Crippen LogP contribution in [0.15, 0.2) is 66.2 Å². The van der Waals surface area contributed by atoms with E-state index in [0.717, 1.165) is 48.4 Å². The zero-order chi connectivity index (χ0) is 24.3. The molecule has 2 N–H and O–H groups in total. The van der Waals surface area contributed by atoms with Crippen LogP contribution in [0.5, 0.6) is 0 Å². The Morgan fingerprint density at radius 2 is 1.59 bits per heavy atom. The fourth-order valence-electron chi connectivity index (χ4n) is 3.48. The molecule has 2 heterocycles. The van der Waals surface area contributed by atoms with Gasteiger partial charge in [-0.1, -0.05) is 54.1 Å². The smallest absolute Gasteiger partial charge is 0.414 e. The van der Waals surface area contributed by atoms with E-state index >= 15 is 0 Å². The van der Waals surface area contributed by atoms with Crippen LogP contribution >= 0.6 is 22.9 Å². The lowest BCUT2D eigenvalue weighted by molar-refractivity contribution is -0.159. The number of hydrogen-bond acceptors (Lipinski definition) is 7. The van der Waals surface area contributed by atoms with Crippen molar-refractivity contribution in [3.63, 3.8) is 0 Å². The van der Waals surface area contributed by atoms with E-state index in [1.54, 1.807) is 11.3 Å². The van der Waals surface area contributed by atoms with Crippen molar-refractivity contribution < 1.29 is 24.5 Å². The predicted molar refractivity (Wildman–Crippen MR) is 132 cm³/mol. The summed E-state index contributed by atoms with van der Waals surface area (Å²) in [6.07, 6.45) is 1.80. The Bertz CT molecular complexity index is 1010. The molecule has 0 amide bonds. The summed E-state index contributed by atoms with van der Waals surface area (Å²) in [5.74, 6) is -3.65. The average molecular weight is 504 g/mol. The Labute approximate surface area is 207 Å². The molecule has 180 valence electrons. The standard InChI is InChI=1S/C22H24ClN3OS.C2H2O4/c23-20-8-6-19(7-9-20)21(18-4-2-1-3-5-18)27-16-15-25-11-13-26(14-12-25)22-24-10-17-28-22;3-1(4)2(5)6/h1-10,17,21H,11-16H2;(H,3,4)(H,5,6). The molecule has 10 heteroatoms. The Balaban J connectivity index is 0.000000481. The molecule has 1 atom stereocenters. The molecule has 4 rings (SSSR count). The number of aliphatic carboxylic acids is 2. The van der Waals surface area contributed by atoms with Gasteiger partial charge in [0, 0.05) is 49.3 Å². The fraction of sp³-hybridized carbons (Fsp3) is 0.292. The molecule has 2 aromatic carbocycles. The molecule has 34 heavy (non-hydrogen) atoms. The normalized spacial score (nSPS) is 14.7. The summed E-state index contributed by atoms with van der Waals surface area (Å²) in [6, 6.07) is 18.3. The summed E-state index contributed by atoms with van der Waals surface area (Å²) in [4.78, 5) is 27.4. The number of thiazole rings is 1. The molecule has 8 nitrogen and oxygen atoms in total. The number of nitrogens with zero attached hydrogens (tertiary/aromatic N) is 3. The third-order valence-corrected chi connectivity index (χ3v) is 6.30. The second-order valence-corrected chi connectivity index (χ2v) is 8.78. The minimum atomic E-state index is -1.82. The summed E-state index contributed by atoms with van der Waals surface area (Å²) in [6.45, 7) is 5.75. The topological polar surface area (TPSA) is 103 Å². The van der Waals surface area contributed by atoms with Crippen molar-refractivity contribution in [2.24, 2.45) is 0 Å². The summed E-state index contributed by atoms with van der Waals surface area (Å²) >= 11 is 7.77. The van der Waals surface area contributed by atoms with Gasteiger partial charge >= 0.3 is 11.9 Å². The highest BCUT2D eigenvalue weighted by atomic mass is 35.5. The number of carboxylic acids is 2. The highest BCUT2D eigenvalue weighted by Crippen LogP contribution is 2.27. The molecule has 3 aromatic rings. The van der Waals surface area contributed by atoms with E-state index in [1.165, 1.54) is 5.56 Å². The SMILES string of the molecule is Clc1ccc(C(OCCN2CCN(c3nccs3)CC2)c2ccccc2)cc1.O=C(O)C(=O)O. The van der Waals surface area contributed by atoms with Gasteiger partial charge in [-0.25, -0.2) is 14.6 Å². The number of carbonyl (C=O) groups is 2. The van der Waals surface area contributed by atoms with Crippen molar-refractivity contribution in [2.45, 2.75) is 6.10 Å². The van der Waals surface area contributed by atoms with Crippen molar-refractivity contribution in [3.05, 3.63) is 82.3 Å². The maximum atomic E-state index is 9.10. The van der Waals surface area contributed by atoms with Gasteiger partial charge in [-0.2, -0.15) is 0 Å². The Kier molecular flexibility index (Phi) is 9.84. The number of ether oxygens (including phenoxy) is 1. The molecular weight excluding hydrogens is 478 g/mol. The zero-order valence-corrected chi connectivity index (χ0v) is 20.0. The molecule has 1 aliphatic rings. The van der Waals surface area contributed by atoms with Crippen LogP contribution in [0.4, 0.5) is 5.13 Å². The average Bonchev–Trinajstić information content (AvgIpc) is 3.39. The third kappa shape index (κ3) is 7.81. The van der Waals surface area contributed by atoms with E-state index in [-0.39, 0.29) is 6.10 Å². The molecule has 0 bridgehead atoms. The van der Waals surface area contributed by atoms with Gasteiger partial charge in [0.15, 0.2) is 5.13 Å². The van der Waals surface area contributed by atoms with Crippen LogP contribution in [0, 0.1) is 0 Å². The van der Waals surface area contributed by atoms with E-state index in [1.807, 2.05) is 41.9 Å². The lowest BCUT2D eigenvalue weighted by Crippen LogP contribution is -2.47. The number of anilines is 1. The fourth-order valence-corrected chi connectivity index (χ4v) is 4.31. The predicted octanol–water partition coefficient (Wildman–Crippen LogP) is 3.88. The summed E-state index contributed by atoms with van der Waals surface area (Å²) < 4.78 is 6.35. The molecule has 0 saturated carbocycles. The van der Waals surface area contributed by atoms with Crippen molar-refractivity contribution in [2.75, 3.05) is 44.2 Å². The van der Waals surface area contributed by atoms with Crippen LogP contribution in [0.2, 0.25) is 5.02 Å². The number of hydrogen-bond donors (Lipinski definition) is 2. The first-order valence-corrected chi connectivity index (χ1v) is 11.9. The number of aromatic nitrogens is 1. The number of carboxylic acid groups (broad SMARTS) is 2. The van der Waals surface area contributed by atoms with Crippen LogP contribution in [0.1, 0.15) is 17.2 Å². The Hall–Kier alpha value is -2.98. The molecule has 0 spiro atoms. The second-order valence-electron chi connectivity index (χ2n) is 7.47. The van der Waals surface area contributed by atoms with Crippen molar-refractivity contribution in [3.8, 4) is 0 Å². The molecule has 1 fully saturated rings. The van der Waals surface area contributed by atoms with Gasteiger partial charge in [0.2, 0.25) is 0 Å². The van der Waals surface area contributed by atoms with Crippen LogP contribution in [0.3, 0.4) is 0 Å². The molecular formula is C24H26ClN3O5S. The number of rotatable bonds is 7. The third-order valence-electron chi connectivity index (χ3n) is 5.21. The second kappa shape index (κ2) is 13.0. The first-order valence-electron chi connectivity index (χ1n) is 10.7. The Morgan fingerprint density at radius 3 is 2.15 bits per heavy atom. The van der Waals surface area contributed by atoms with Gasteiger partial charge in [0.1, 0.15) is 6.10 Å². The van der Waals surface area contributed by atoms with Crippen molar-refractivity contribution in [1.82, 2.24) is 9.88 Å². The van der Waals surface area contributed by atoms with Gasteiger partial charge in [0.05, 0.1) is 6.61 Å². The summed E-state index contributed by atoms with van der Waals surface area (Å²) in [5, 5.41) is 18.7. The van der Waals surface area contributed by atoms with E-state index in [2.05, 4.69) is 39.0 Å². The molecule has 1 aromatic heterocycles. The Morgan fingerprint density at radius 1 is 0.971 bits per heavy atom. The minimum Gasteiger partial charge on any atom is -0.473 e. The molecule has 0 aliphatic carbocycles. The quantitative estimate of drug-likeness (QED) is 0.468. The number of benzene rings is 2. The minimum absolute atomic E-state index is 0.0740. The lowest BCUT2D eigenvalue weighted by atomic mass is 10.0. The number of halogens is 1. The molecule has 1 aliphatic heterocycles. The summed E-state index contributed by atoms with van der Waals surface area (Å²) in [7, 11) is 0. The first-order chi connectivity index (χ1) is 16.4. The van der Waals surface area contributed by atoms with Crippen molar-refractivity contribution >= 4 is 40.0 Å². The number of piperazine rings is 1. The lowest BCUT2D eigenvalue weighted by Gasteiger charge is -2.34. The van der Waals surface area contributed by atoms with Gasteiger partial charge < -0.3 is 19.8 Å². The van der Waals surface area contributed by atoms with Crippen LogP contribution in [-0.2, 0) is 14.3 Å². The van der Waals surface area contributed by atoms with Gasteiger partial charge in [-0.15, -0.1) is 11.3 Å². The van der Waals surface area contributed by atoms with Gasteiger partial charge in [-0.05, 0) is 23.3 Å². The van der Waals surface area contributed by atoms with E-state index in [0.29, 0.717) is 6.61 Å². The van der Waals surface area contributed by atoms with E-state index < -0.39 is 11.9 Å². The van der Waals surface area contributed by atoms with Crippen molar-refractivity contribution in [1.29, 1.82) is 0 Å². The highest BCUT2D eigenvalue weighted by Gasteiger charge is 2.20. The largest absolute Gasteiger partial charge is 0.473 e. The zero-order valence-electron chi connectivity index (χ0n) is 18.4.